The van der Waals surface area contributed by atoms with Gasteiger partial charge in [-0.15, -0.1) is 0 Å². The van der Waals surface area contributed by atoms with E-state index in [0.717, 1.165) is 5.56 Å². The first-order chi connectivity index (χ1) is 9.58. The molecule has 104 valence electrons. The molecule has 20 heavy (non-hydrogen) atoms. The van der Waals surface area contributed by atoms with E-state index in [-0.39, 0.29) is 0 Å². The van der Waals surface area contributed by atoms with Gasteiger partial charge >= 0.3 is 5.97 Å². The lowest BCUT2D eigenvalue weighted by atomic mass is 9.92. The normalized spacial score (nSPS) is 13.7. The zero-order valence-electron chi connectivity index (χ0n) is 11.5. The first-order valence-electron chi connectivity index (χ1n) is 6.70. The van der Waals surface area contributed by atoms with Crippen LogP contribution >= 0.6 is 0 Å². The molecular formula is C17H19NO2. The largest absolute Gasteiger partial charge is 0.480 e. The lowest BCUT2D eigenvalue weighted by molar-refractivity contribution is -0.138. The molecule has 0 aliphatic carbocycles. The van der Waals surface area contributed by atoms with E-state index in [1.807, 2.05) is 42.5 Å². The van der Waals surface area contributed by atoms with Crippen molar-refractivity contribution in [1.29, 1.82) is 0 Å². The van der Waals surface area contributed by atoms with E-state index in [4.69, 9.17) is 10.8 Å². The molecule has 2 aromatic carbocycles. The molecule has 0 aromatic heterocycles. The Morgan fingerprint density at radius 2 is 1.60 bits per heavy atom. The summed E-state index contributed by atoms with van der Waals surface area (Å²) < 4.78 is 0. The van der Waals surface area contributed by atoms with Crippen molar-refractivity contribution in [2.75, 3.05) is 0 Å². The fourth-order valence-corrected chi connectivity index (χ4v) is 2.22. The summed E-state index contributed by atoms with van der Waals surface area (Å²) in [6.45, 7) is 2.16. The monoisotopic (exact) mass is 269 g/mol. The predicted octanol–water partition coefficient (Wildman–Crippen LogP) is 2.79. The van der Waals surface area contributed by atoms with E-state index in [9.17, 15) is 4.79 Å². The topological polar surface area (TPSA) is 63.3 Å². The molecule has 3 nitrogen and oxygen atoms in total. The van der Waals surface area contributed by atoms with E-state index < -0.39 is 12.0 Å². The number of carboxylic acid groups (broad SMARTS) is 1. The van der Waals surface area contributed by atoms with Crippen molar-refractivity contribution < 1.29 is 9.90 Å². The molecule has 0 spiro atoms. The molecule has 0 saturated heterocycles. The molecule has 0 radical (unpaired) electrons. The lowest BCUT2D eigenvalue weighted by Crippen LogP contribution is -2.32. The fraction of sp³-hybridized carbons (Fsp3) is 0.235. The number of hydrogen-bond donors (Lipinski definition) is 2. The number of benzene rings is 2. The third kappa shape index (κ3) is 3.45. The van der Waals surface area contributed by atoms with Crippen LogP contribution in [-0.2, 0) is 11.2 Å². The highest BCUT2D eigenvalue weighted by atomic mass is 16.4. The van der Waals surface area contributed by atoms with Crippen LogP contribution < -0.4 is 5.73 Å². The highest BCUT2D eigenvalue weighted by Gasteiger charge is 2.13. The Balaban J connectivity index is 2.10. The summed E-state index contributed by atoms with van der Waals surface area (Å²) >= 11 is 0. The van der Waals surface area contributed by atoms with Crippen LogP contribution in [0.5, 0.6) is 0 Å². The van der Waals surface area contributed by atoms with Crippen molar-refractivity contribution in [1.82, 2.24) is 0 Å². The van der Waals surface area contributed by atoms with Crippen molar-refractivity contribution in [3.63, 3.8) is 0 Å². The molecule has 0 amide bonds. The van der Waals surface area contributed by atoms with Crippen LogP contribution in [0.3, 0.4) is 0 Å². The van der Waals surface area contributed by atoms with Gasteiger partial charge in [-0.2, -0.15) is 0 Å². The van der Waals surface area contributed by atoms with Crippen molar-refractivity contribution >= 4 is 5.97 Å². The summed E-state index contributed by atoms with van der Waals surface area (Å²) in [7, 11) is 0. The Hall–Kier alpha value is -2.13. The summed E-state index contributed by atoms with van der Waals surface area (Å²) in [6, 6.07) is 17.5. The Morgan fingerprint density at radius 1 is 1.05 bits per heavy atom. The van der Waals surface area contributed by atoms with Crippen molar-refractivity contribution in [2.45, 2.75) is 25.3 Å². The number of carboxylic acids is 1. The molecule has 2 aromatic rings. The van der Waals surface area contributed by atoms with Gasteiger partial charge in [-0.1, -0.05) is 61.5 Å². The molecule has 0 saturated carbocycles. The zero-order chi connectivity index (χ0) is 14.5. The molecule has 0 heterocycles. The van der Waals surface area contributed by atoms with Gasteiger partial charge in [-0.25, -0.2) is 0 Å². The van der Waals surface area contributed by atoms with Crippen LogP contribution in [0.25, 0.3) is 0 Å². The second kappa shape index (κ2) is 6.35. The predicted molar refractivity (Wildman–Crippen MR) is 79.7 cm³/mol. The highest BCUT2D eigenvalue weighted by Crippen LogP contribution is 2.24. The first-order valence-corrected chi connectivity index (χ1v) is 6.70. The van der Waals surface area contributed by atoms with Gasteiger partial charge in [0.15, 0.2) is 0 Å². The third-order valence-electron chi connectivity index (χ3n) is 3.55. The molecule has 1 unspecified atom stereocenters. The summed E-state index contributed by atoms with van der Waals surface area (Å²) in [5.74, 6) is -0.648. The van der Waals surface area contributed by atoms with Crippen LogP contribution in [0, 0.1) is 0 Å². The van der Waals surface area contributed by atoms with Crippen LogP contribution in [0.2, 0.25) is 0 Å². The van der Waals surface area contributed by atoms with Gasteiger partial charge in [0.2, 0.25) is 0 Å². The van der Waals surface area contributed by atoms with Crippen LogP contribution in [-0.4, -0.2) is 17.1 Å². The average molecular weight is 269 g/mol. The van der Waals surface area contributed by atoms with Gasteiger partial charge in [-0.3, -0.25) is 4.79 Å². The van der Waals surface area contributed by atoms with E-state index in [2.05, 4.69) is 19.1 Å². The van der Waals surface area contributed by atoms with E-state index in [1.54, 1.807) is 0 Å². The molecule has 2 atom stereocenters. The van der Waals surface area contributed by atoms with Gasteiger partial charge < -0.3 is 10.8 Å². The smallest absolute Gasteiger partial charge is 0.320 e. The minimum atomic E-state index is -0.966. The second-order valence-electron chi connectivity index (χ2n) is 5.02. The molecule has 2 rings (SSSR count). The van der Waals surface area contributed by atoms with E-state index in [0.29, 0.717) is 12.3 Å². The summed E-state index contributed by atoms with van der Waals surface area (Å²) in [5, 5.41) is 8.81. The first kappa shape index (κ1) is 14.3. The minimum Gasteiger partial charge on any atom is -0.480 e. The molecular weight excluding hydrogens is 250 g/mol. The Kier molecular flexibility index (Phi) is 4.53. The standard InChI is InChI=1S/C17H19NO2/c1-12(14-5-3-2-4-6-14)15-9-7-13(8-10-15)11-16(18)17(19)20/h2-10,12,16H,11,18H2,1H3,(H,19,20)/t12?,16-/m0/s1. The van der Waals surface area contributed by atoms with Crippen LogP contribution in [0.1, 0.15) is 29.5 Å². The Morgan fingerprint density at radius 3 is 2.15 bits per heavy atom. The van der Waals surface area contributed by atoms with Gasteiger partial charge in [-0.05, 0) is 23.1 Å². The molecule has 0 bridgehead atoms. The molecule has 0 aliphatic rings. The molecule has 3 N–H and O–H groups in total. The van der Waals surface area contributed by atoms with Gasteiger partial charge in [0.05, 0.1) is 0 Å². The summed E-state index contributed by atoms with van der Waals surface area (Å²) in [5.41, 5.74) is 8.96. The maximum Gasteiger partial charge on any atom is 0.320 e. The zero-order valence-corrected chi connectivity index (χ0v) is 11.5. The number of aliphatic carboxylic acids is 1. The summed E-state index contributed by atoms with van der Waals surface area (Å²) in [6.07, 6.45) is 0.356. The SMILES string of the molecule is CC(c1ccccc1)c1ccc(C[C@H](N)C(=O)O)cc1. The quantitative estimate of drug-likeness (QED) is 0.877. The van der Waals surface area contributed by atoms with Gasteiger partial charge in [0.1, 0.15) is 6.04 Å². The van der Waals surface area contributed by atoms with E-state index in [1.165, 1.54) is 11.1 Å². The van der Waals surface area contributed by atoms with Crippen molar-refractivity contribution in [2.24, 2.45) is 5.73 Å². The maximum absolute atomic E-state index is 10.7. The number of carbonyl (C=O) groups is 1. The Labute approximate surface area is 119 Å². The fourth-order valence-electron chi connectivity index (χ4n) is 2.22. The van der Waals surface area contributed by atoms with Gasteiger partial charge in [0.25, 0.3) is 0 Å². The number of rotatable bonds is 5. The third-order valence-corrected chi connectivity index (χ3v) is 3.55. The number of hydrogen-bond acceptors (Lipinski definition) is 2. The number of nitrogens with two attached hydrogens (primary N) is 1. The van der Waals surface area contributed by atoms with E-state index >= 15 is 0 Å². The maximum atomic E-state index is 10.7. The molecule has 0 fully saturated rings. The van der Waals surface area contributed by atoms with Crippen molar-refractivity contribution in [3.8, 4) is 0 Å². The molecule has 0 aliphatic heterocycles. The summed E-state index contributed by atoms with van der Waals surface area (Å²) in [4.78, 5) is 10.7. The second-order valence-corrected chi connectivity index (χ2v) is 5.02. The van der Waals surface area contributed by atoms with Gasteiger partial charge in [0, 0.05) is 5.92 Å². The average Bonchev–Trinajstić information content (AvgIpc) is 2.48. The van der Waals surface area contributed by atoms with Crippen LogP contribution in [0.15, 0.2) is 54.6 Å². The van der Waals surface area contributed by atoms with Crippen molar-refractivity contribution in [3.05, 3.63) is 71.3 Å². The minimum absolute atomic E-state index is 0.318. The van der Waals surface area contributed by atoms with Crippen LogP contribution in [0.4, 0.5) is 0 Å². The highest BCUT2D eigenvalue weighted by molar-refractivity contribution is 5.73. The molecule has 3 heteroatoms. The lowest BCUT2D eigenvalue weighted by Gasteiger charge is -2.13. The Bertz CT molecular complexity index is 563.